The van der Waals surface area contributed by atoms with Gasteiger partial charge in [-0.25, -0.2) is 8.78 Å². The molecule has 2 aromatic rings. The monoisotopic (exact) mass is 266 g/mol. The van der Waals surface area contributed by atoms with E-state index in [0.717, 1.165) is 6.07 Å². The van der Waals surface area contributed by atoms with Crippen LogP contribution in [0.15, 0.2) is 18.3 Å². The molecule has 0 aliphatic heterocycles. The lowest BCUT2D eigenvalue weighted by atomic mass is 10.1. The highest BCUT2D eigenvalue weighted by Gasteiger charge is 2.19. The first kappa shape index (κ1) is 13.0. The van der Waals surface area contributed by atoms with E-state index in [9.17, 15) is 13.6 Å². The molecule has 0 saturated heterocycles. The molecule has 2 rings (SSSR count). The van der Waals surface area contributed by atoms with Crippen molar-refractivity contribution in [3.63, 3.8) is 0 Å². The van der Waals surface area contributed by atoms with Gasteiger partial charge >= 0.3 is 0 Å². The quantitative estimate of drug-likeness (QED) is 0.787. The number of nitrogens with one attached hydrogen (secondary N) is 2. The van der Waals surface area contributed by atoms with Crippen LogP contribution in [0.5, 0.6) is 0 Å². The summed E-state index contributed by atoms with van der Waals surface area (Å²) in [5, 5.41) is 8.56. The Balaban J connectivity index is 2.17. The predicted octanol–water partition coefficient (Wildman–Crippen LogP) is 1.51. The summed E-state index contributed by atoms with van der Waals surface area (Å²) in [5.41, 5.74) is 5.68. The normalized spacial score (nSPS) is 10.5. The van der Waals surface area contributed by atoms with Gasteiger partial charge in [0.05, 0.1) is 6.20 Å². The van der Waals surface area contributed by atoms with Gasteiger partial charge in [-0.1, -0.05) is 6.07 Å². The van der Waals surface area contributed by atoms with Gasteiger partial charge in [0.1, 0.15) is 23.0 Å². The second-order valence-electron chi connectivity index (χ2n) is 4.04. The van der Waals surface area contributed by atoms with Crippen LogP contribution in [0.3, 0.4) is 0 Å². The molecule has 100 valence electrons. The molecule has 1 aromatic heterocycles. The largest absolute Gasteiger partial charge is 0.384 e. The Morgan fingerprint density at radius 3 is 2.84 bits per heavy atom. The van der Waals surface area contributed by atoms with Crippen LogP contribution < -0.4 is 11.1 Å². The maximum Gasteiger partial charge on any atom is 0.257 e. The van der Waals surface area contributed by atoms with E-state index in [1.165, 1.54) is 19.2 Å². The number of halogens is 2. The van der Waals surface area contributed by atoms with Crippen LogP contribution in [0.2, 0.25) is 0 Å². The van der Waals surface area contributed by atoms with Crippen molar-refractivity contribution in [2.75, 3.05) is 5.73 Å². The third-order valence-electron chi connectivity index (χ3n) is 2.70. The Labute approximate surface area is 107 Å². The fourth-order valence-corrected chi connectivity index (χ4v) is 1.59. The van der Waals surface area contributed by atoms with Crippen molar-refractivity contribution in [3.05, 3.63) is 46.7 Å². The van der Waals surface area contributed by atoms with E-state index in [1.54, 1.807) is 0 Å². The number of nitrogens with zero attached hydrogens (tertiary/aromatic N) is 1. The van der Waals surface area contributed by atoms with E-state index < -0.39 is 23.1 Å². The van der Waals surface area contributed by atoms with Crippen LogP contribution in [0.1, 0.15) is 21.5 Å². The molecule has 0 unspecified atom stereocenters. The van der Waals surface area contributed by atoms with Gasteiger partial charge in [0, 0.05) is 12.1 Å². The minimum Gasteiger partial charge on any atom is -0.384 e. The zero-order valence-corrected chi connectivity index (χ0v) is 10.1. The number of H-pyrrole nitrogens is 1. The second kappa shape index (κ2) is 5.05. The van der Waals surface area contributed by atoms with Crippen molar-refractivity contribution in [3.8, 4) is 0 Å². The first-order valence-corrected chi connectivity index (χ1v) is 5.51. The molecule has 0 aliphatic rings. The molecule has 0 radical (unpaired) electrons. The third kappa shape index (κ3) is 2.54. The van der Waals surface area contributed by atoms with Crippen molar-refractivity contribution in [2.45, 2.75) is 13.5 Å². The summed E-state index contributed by atoms with van der Waals surface area (Å²) in [6, 6.07) is 2.33. The molecule has 4 N–H and O–H groups in total. The van der Waals surface area contributed by atoms with E-state index in [2.05, 4.69) is 15.5 Å². The Morgan fingerprint density at radius 2 is 2.21 bits per heavy atom. The van der Waals surface area contributed by atoms with Gasteiger partial charge in [-0.3, -0.25) is 9.89 Å². The van der Waals surface area contributed by atoms with E-state index in [4.69, 9.17) is 5.73 Å². The van der Waals surface area contributed by atoms with Gasteiger partial charge in [0.25, 0.3) is 5.91 Å². The van der Waals surface area contributed by atoms with E-state index in [-0.39, 0.29) is 12.1 Å². The number of nitrogen functional groups attached to an aromatic ring is 1. The number of rotatable bonds is 3. The molecule has 0 spiro atoms. The van der Waals surface area contributed by atoms with Gasteiger partial charge in [-0.2, -0.15) is 5.10 Å². The highest BCUT2D eigenvalue weighted by Crippen LogP contribution is 2.16. The fraction of sp³-hybridized carbons (Fsp3) is 0.167. The van der Waals surface area contributed by atoms with E-state index in [0.29, 0.717) is 11.4 Å². The Kier molecular flexibility index (Phi) is 3.46. The molecule has 0 aliphatic carbocycles. The summed E-state index contributed by atoms with van der Waals surface area (Å²) in [6.07, 6.45) is 1.43. The summed E-state index contributed by atoms with van der Waals surface area (Å²) in [6.45, 7) is 1.49. The average Bonchev–Trinajstić information content (AvgIpc) is 2.77. The van der Waals surface area contributed by atoms with E-state index in [1.807, 2.05) is 0 Å². The molecular weight excluding hydrogens is 254 g/mol. The second-order valence-corrected chi connectivity index (χ2v) is 4.04. The van der Waals surface area contributed by atoms with Crippen LogP contribution in [0, 0.1) is 18.6 Å². The first-order valence-electron chi connectivity index (χ1n) is 5.51. The van der Waals surface area contributed by atoms with Gasteiger partial charge in [-0.05, 0) is 18.6 Å². The number of aromatic amines is 1. The summed E-state index contributed by atoms with van der Waals surface area (Å²) in [7, 11) is 0. The fourth-order valence-electron chi connectivity index (χ4n) is 1.59. The minimum absolute atomic E-state index is 0.0357. The maximum atomic E-state index is 13.7. The standard InChI is InChI=1S/C12H12F2N4O/c1-6-2-3-8(13)9(10(6)14)12(19)16-4-7-5-17-18-11(7)15/h2-3,5H,4H2,1H3,(H,16,19)(H3,15,17,18). The summed E-state index contributed by atoms with van der Waals surface area (Å²) in [4.78, 5) is 11.8. The third-order valence-corrected chi connectivity index (χ3v) is 2.70. The van der Waals surface area contributed by atoms with Gasteiger partial charge in [-0.15, -0.1) is 0 Å². The average molecular weight is 266 g/mol. The van der Waals surface area contributed by atoms with Crippen LogP contribution in [0.4, 0.5) is 14.6 Å². The summed E-state index contributed by atoms with van der Waals surface area (Å²) in [5.74, 6) is -2.30. The zero-order chi connectivity index (χ0) is 14.0. The number of nitrogens with two attached hydrogens (primary N) is 1. The molecule has 1 amide bonds. The number of anilines is 1. The molecule has 7 heteroatoms. The van der Waals surface area contributed by atoms with E-state index >= 15 is 0 Å². The Morgan fingerprint density at radius 1 is 1.47 bits per heavy atom. The highest BCUT2D eigenvalue weighted by atomic mass is 19.1. The number of benzene rings is 1. The number of amides is 1. The zero-order valence-electron chi connectivity index (χ0n) is 10.1. The lowest BCUT2D eigenvalue weighted by Gasteiger charge is -2.08. The van der Waals surface area contributed by atoms with Crippen molar-refractivity contribution in [1.82, 2.24) is 15.5 Å². The lowest BCUT2D eigenvalue weighted by Crippen LogP contribution is -2.25. The molecule has 5 nitrogen and oxygen atoms in total. The summed E-state index contributed by atoms with van der Waals surface area (Å²) < 4.78 is 27.2. The number of carbonyl (C=O) groups excluding carboxylic acids is 1. The summed E-state index contributed by atoms with van der Waals surface area (Å²) >= 11 is 0. The maximum absolute atomic E-state index is 13.7. The van der Waals surface area contributed by atoms with Gasteiger partial charge in [0.2, 0.25) is 0 Å². The number of aryl methyl sites for hydroxylation is 1. The van der Waals surface area contributed by atoms with Gasteiger partial charge in [0.15, 0.2) is 0 Å². The molecule has 19 heavy (non-hydrogen) atoms. The number of hydrogen-bond acceptors (Lipinski definition) is 3. The van der Waals surface area contributed by atoms with Crippen molar-refractivity contribution in [2.24, 2.45) is 0 Å². The van der Waals surface area contributed by atoms with Crippen molar-refractivity contribution >= 4 is 11.7 Å². The molecular formula is C12H12F2N4O. The molecule has 1 heterocycles. The number of hydrogen-bond donors (Lipinski definition) is 3. The Hall–Kier alpha value is -2.44. The topological polar surface area (TPSA) is 83.8 Å². The van der Waals surface area contributed by atoms with Crippen LogP contribution in [-0.2, 0) is 6.54 Å². The van der Waals surface area contributed by atoms with Crippen LogP contribution in [-0.4, -0.2) is 16.1 Å². The highest BCUT2D eigenvalue weighted by molar-refractivity contribution is 5.95. The van der Waals surface area contributed by atoms with Crippen LogP contribution in [0.25, 0.3) is 0 Å². The molecule has 0 fully saturated rings. The van der Waals surface area contributed by atoms with Crippen molar-refractivity contribution < 1.29 is 13.6 Å². The molecule has 0 atom stereocenters. The lowest BCUT2D eigenvalue weighted by molar-refractivity contribution is 0.0942. The smallest absolute Gasteiger partial charge is 0.257 e. The Bertz CT molecular complexity index is 624. The molecule has 0 saturated carbocycles. The molecule has 1 aromatic carbocycles. The van der Waals surface area contributed by atoms with Crippen molar-refractivity contribution in [1.29, 1.82) is 0 Å². The minimum atomic E-state index is -0.902. The predicted molar refractivity (Wildman–Crippen MR) is 65.3 cm³/mol. The molecule has 0 bridgehead atoms. The van der Waals surface area contributed by atoms with Crippen LogP contribution >= 0.6 is 0 Å². The number of aromatic nitrogens is 2. The number of carbonyl (C=O) groups is 1. The first-order chi connectivity index (χ1) is 9.00. The SMILES string of the molecule is Cc1ccc(F)c(C(=O)NCc2cn[nH]c2N)c1F. The van der Waals surface area contributed by atoms with Gasteiger partial charge < -0.3 is 11.1 Å².